The molecule has 0 radical (unpaired) electrons. The van der Waals surface area contributed by atoms with E-state index >= 15 is 0 Å². The van der Waals surface area contributed by atoms with Crippen LogP contribution in [0.3, 0.4) is 0 Å². The average molecular weight is 480 g/mol. The lowest BCUT2D eigenvalue weighted by molar-refractivity contribution is -0.129. The van der Waals surface area contributed by atoms with Crippen LogP contribution in [-0.2, 0) is 4.79 Å². The number of aromatic nitrogens is 2. The molecule has 0 bridgehead atoms. The predicted octanol–water partition coefficient (Wildman–Crippen LogP) is 3.65. The molecule has 176 valence electrons. The number of para-hydroxylation sites is 1. The minimum atomic E-state index is -0.213. The van der Waals surface area contributed by atoms with E-state index in [9.17, 15) is 9.59 Å². The molecule has 0 saturated carbocycles. The fourth-order valence-electron chi connectivity index (χ4n) is 3.73. The van der Waals surface area contributed by atoms with Gasteiger partial charge in [0.15, 0.2) is 5.82 Å². The number of hydrogen-bond donors (Lipinski definition) is 3. The number of nitrogens with zero attached hydrogens (tertiary/aromatic N) is 4. The smallest absolute Gasteiger partial charge is 0.253 e. The molecule has 3 N–H and O–H groups in total. The highest BCUT2D eigenvalue weighted by atomic mass is 35.5. The summed E-state index contributed by atoms with van der Waals surface area (Å²) >= 11 is 6.31. The molecule has 2 heterocycles. The summed E-state index contributed by atoms with van der Waals surface area (Å²) < 4.78 is 0. The van der Waals surface area contributed by atoms with Crippen LogP contribution in [0.25, 0.3) is 0 Å². The summed E-state index contributed by atoms with van der Waals surface area (Å²) in [5, 5.41) is 9.27. The zero-order valence-electron chi connectivity index (χ0n) is 19.0. The monoisotopic (exact) mass is 479 g/mol. The Hall–Kier alpha value is -3.85. The molecule has 10 heteroatoms. The highest BCUT2D eigenvalue weighted by molar-refractivity contribution is 6.33. The van der Waals surface area contributed by atoms with Crippen molar-refractivity contribution in [3.05, 3.63) is 65.3 Å². The molecule has 2 aromatic carbocycles. The third kappa shape index (κ3) is 5.37. The lowest BCUT2D eigenvalue weighted by Gasteiger charge is -2.35. The van der Waals surface area contributed by atoms with Crippen LogP contribution in [0, 0.1) is 0 Å². The molecule has 3 aromatic rings. The van der Waals surface area contributed by atoms with E-state index in [1.807, 2.05) is 35.2 Å². The van der Waals surface area contributed by atoms with Gasteiger partial charge in [-0.05, 0) is 36.4 Å². The van der Waals surface area contributed by atoms with Crippen LogP contribution < -0.4 is 20.9 Å². The van der Waals surface area contributed by atoms with Crippen molar-refractivity contribution in [2.24, 2.45) is 0 Å². The highest BCUT2D eigenvalue weighted by Crippen LogP contribution is 2.27. The SMILES string of the molecule is CNC(=O)c1ccccc1Nc1nc(Nc2ccc(N3CCN(C(C)=O)CC3)cc2)ncc1Cl. The Kier molecular flexibility index (Phi) is 7.12. The Balaban J connectivity index is 1.45. The average Bonchev–Trinajstić information content (AvgIpc) is 2.86. The normalized spacial score (nSPS) is 13.4. The number of rotatable bonds is 6. The van der Waals surface area contributed by atoms with Crippen LogP contribution in [0.2, 0.25) is 5.02 Å². The lowest BCUT2D eigenvalue weighted by Crippen LogP contribution is -2.48. The van der Waals surface area contributed by atoms with Crippen LogP contribution in [0.5, 0.6) is 0 Å². The summed E-state index contributed by atoms with van der Waals surface area (Å²) in [4.78, 5) is 36.5. The number of halogens is 1. The summed E-state index contributed by atoms with van der Waals surface area (Å²) in [6, 6.07) is 15.1. The van der Waals surface area contributed by atoms with Gasteiger partial charge in [0.25, 0.3) is 5.91 Å². The van der Waals surface area contributed by atoms with Gasteiger partial charge in [-0.2, -0.15) is 4.98 Å². The molecule has 1 fully saturated rings. The molecule has 1 aliphatic rings. The van der Waals surface area contributed by atoms with Crippen molar-refractivity contribution < 1.29 is 9.59 Å². The summed E-state index contributed by atoms with van der Waals surface area (Å²) in [6.07, 6.45) is 1.50. The van der Waals surface area contributed by atoms with Gasteiger partial charge in [-0.25, -0.2) is 4.98 Å². The Morgan fingerprint density at radius 3 is 2.35 bits per heavy atom. The second-order valence-electron chi connectivity index (χ2n) is 7.80. The first kappa shape index (κ1) is 23.3. The Morgan fingerprint density at radius 1 is 0.971 bits per heavy atom. The number of nitrogens with one attached hydrogen (secondary N) is 3. The molecule has 9 nitrogen and oxygen atoms in total. The fraction of sp³-hybridized carbons (Fsp3) is 0.250. The van der Waals surface area contributed by atoms with Crippen LogP contribution in [-0.4, -0.2) is 59.9 Å². The first-order valence-electron chi connectivity index (χ1n) is 10.9. The molecular weight excluding hydrogens is 454 g/mol. The number of carbonyl (C=O) groups is 2. The van der Waals surface area contributed by atoms with Gasteiger partial charge in [-0.3, -0.25) is 9.59 Å². The second kappa shape index (κ2) is 10.4. The molecule has 1 saturated heterocycles. The van der Waals surface area contributed by atoms with Crippen molar-refractivity contribution in [3.8, 4) is 0 Å². The number of hydrogen-bond acceptors (Lipinski definition) is 7. The zero-order chi connectivity index (χ0) is 24.1. The van der Waals surface area contributed by atoms with Crippen LogP contribution in [0.15, 0.2) is 54.7 Å². The maximum absolute atomic E-state index is 12.2. The number of amides is 2. The van der Waals surface area contributed by atoms with Gasteiger partial charge >= 0.3 is 0 Å². The first-order valence-corrected chi connectivity index (χ1v) is 11.3. The Morgan fingerprint density at radius 2 is 1.68 bits per heavy atom. The third-order valence-corrected chi connectivity index (χ3v) is 5.89. The Bertz CT molecular complexity index is 1180. The number of anilines is 5. The van der Waals surface area contributed by atoms with E-state index in [2.05, 4.69) is 30.8 Å². The van der Waals surface area contributed by atoms with Crippen molar-refractivity contribution in [1.29, 1.82) is 0 Å². The maximum Gasteiger partial charge on any atom is 0.253 e. The molecule has 0 aliphatic carbocycles. The zero-order valence-corrected chi connectivity index (χ0v) is 19.8. The molecule has 1 aromatic heterocycles. The molecule has 0 atom stereocenters. The van der Waals surface area contributed by atoms with Gasteiger partial charge in [-0.1, -0.05) is 23.7 Å². The lowest BCUT2D eigenvalue weighted by atomic mass is 10.1. The van der Waals surface area contributed by atoms with E-state index in [0.717, 1.165) is 37.6 Å². The van der Waals surface area contributed by atoms with Crippen molar-refractivity contribution in [3.63, 3.8) is 0 Å². The molecular formula is C24H26ClN7O2. The quantitative estimate of drug-likeness (QED) is 0.496. The summed E-state index contributed by atoms with van der Waals surface area (Å²) in [5.41, 5.74) is 2.99. The number of carbonyl (C=O) groups excluding carboxylic acids is 2. The van der Waals surface area contributed by atoms with Gasteiger partial charge in [0.1, 0.15) is 5.02 Å². The predicted molar refractivity (Wildman–Crippen MR) is 134 cm³/mol. The summed E-state index contributed by atoms with van der Waals surface area (Å²) in [6.45, 7) is 4.68. The summed E-state index contributed by atoms with van der Waals surface area (Å²) in [5.74, 6) is 0.658. The minimum Gasteiger partial charge on any atom is -0.368 e. The largest absolute Gasteiger partial charge is 0.368 e. The first-order chi connectivity index (χ1) is 16.4. The minimum absolute atomic E-state index is 0.119. The standard InChI is InChI=1S/C24H26ClN7O2/c1-16(33)31-11-13-32(14-12-31)18-9-7-17(8-10-18)28-24-27-15-20(25)22(30-24)29-21-6-4-3-5-19(21)23(34)26-2/h3-10,15H,11-14H2,1-2H3,(H,26,34)(H2,27,28,29,30). The van der Waals surface area contributed by atoms with E-state index in [0.29, 0.717) is 28.0 Å². The van der Waals surface area contributed by atoms with Gasteiger partial charge in [0, 0.05) is 51.5 Å². The molecule has 1 aliphatic heterocycles. The van der Waals surface area contributed by atoms with Crippen molar-refractivity contribution >= 4 is 52.2 Å². The number of benzene rings is 2. The van der Waals surface area contributed by atoms with Crippen LogP contribution >= 0.6 is 11.6 Å². The van der Waals surface area contributed by atoms with E-state index in [-0.39, 0.29) is 11.8 Å². The van der Waals surface area contributed by atoms with Gasteiger partial charge in [0.05, 0.1) is 17.4 Å². The maximum atomic E-state index is 12.2. The Labute approximate surface area is 203 Å². The van der Waals surface area contributed by atoms with E-state index in [4.69, 9.17) is 11.6 Å². The molecule has 34 heavy (non-hydrogen) atoms. The van der Waals surface area contributed by atoms with Crippen molar-refractivity contribution in [2.75, 3.05) is 48.8 Å². The van der Waals surface area contributed by atoms with Gasteiger partial charge in [-0.15, -0.1) is 0 Å². The number of piperazine rings is 1. The molecule has 2 amide bonds. The van der Waals surface area contributed by atoms with Crippen molar-refractivity contribution in [1.82, 2.24) is 20.2 Å². The second-order valence-corrected chi connectivity index (χ2v) is 8.21. The van der Waals surface area contributed by atoms with E-state index < -0.39 is 0 Å². The van der Waals surface area contributed by atoms with E-state index in [1.165, 1.54) is 6.20 Å². The molecule has 0 unspecified atom stereocenters. The highest BCUT2D eigenvalue weighted by Gasteiger charge is 2.19. The fourth-order valence-corrected chi connectivity index (χ4v) is 3.87. The third-order valence-electron chi connectivity index (χ3n) is 5.61. The van der Waals surface area contributed by atoms with Gasteiger partial charge in [0.2, 0.25) is 11.9 Å². The molecule has 0 spiro atoms. The van der Waals surface area contributed by atoms with Gasteiger partial charge < -0.3 is 25.8 Å². The van der Waals surface area contributed by atoms with E-state index in [1.54, 1.807) is 32.2 Å². The van der Waals surface area contributed by atoms with Crippen molar-refractivity contribution in [2.45, 2.75) is 6.92 Å². The van der Waals surface area contributed by atoms with Crippen LogP contribution in [0.1, 0.15) is 17.3 Å². The van der Waals surface area contributed by atoms with Crippen LogP contribution in [0.4, 0.5) is 28.8 Å². The topological polar surface area (TPSA) is 102 Å². The summed E-state index contributed by atoms with van der Waals surface area (Å²) in [7, 11) is 1.58. The molecule has 4 rings (SSSR count).